The number of unbranched alkanes of at least 4 members (excludes halogenated alkanes) is 1. The zero-order valence-corrected chi connectivity index (χ0v) is 25.4. The summed E-state index contributed by atoms with van der Waals surface area (Å²) in [5.74, 6) is -0.924. The first-order valence-electron chi connectivity index (χ1n) is 12.8. The molecule has 0 aromatic heterocycles. The van der Waals surface area contributed by atoms with Gasteiger partial charge in [0.25, 0.3) is 0 Å². The lowest BCUT2D eigenvalue weighted by molar-refractivity contribution is -0.140. The molecule has 3 aromatic rings. The molecule has 1 unspecified atom stereocenters. The third-order valence-electron chi connectivity index (χ3n) is 6.20. The average Bonchev–Trinajstić information content (AvgIpc) is 2.90. The second kappa shape index (κ2) is 14.7. The van der Waals surface area contributed by atoms with Crippen molar-refractivity contribution in [3.8, 4) is 0 Å². The number of halogens is 3. The standard InChI is InChI=1S/C29H32Cl3N3O4S/c1-3-4-15-33-29(37)27(17-21-9-6-5-7-10-21)34(19-22-11-8-12-23(30)16-22)28(36)20-35(40(2,38)39)26-18-24(31)13-14-25(26)32/h5-14,16,18,27H,3-4,15,17,19-20H2,1-2H3,(H,33,37). The third kappa shape index (κ3) is 9.13. The molecule has 0 saturated heterocycles. The highest BCUT2D eigenvalue weighted by Crippen LogP contribution is 2.31. The molecule has 40 heavy (non-hydrogen) atoms. The number of rotatable bonds is 13. The van der Waals surface area contributed by atoms with Gasteiger partial charge in [0.2, 0.25) is 21.8 Å². The molecule has 0 saturated carbocycles. The number of hydrogen-bond acceptors (Lipinski definition) is 4. The molecule has 3 aromatic carbocycles. The summed E-state index contributed by atoms with van der Waals surface area (Å²) in [4.78, 5) is 29.0. The molecule has 0 aliphatic heterocycles. The molecule has 11 heteroatoms. The summed E-state index contributed by atoms with van der Waals surface area (Å²) < 4.78 is 26.7. The first-order chi connectivity index (χ1) is 19.0. The van der Waals surface area contributed by atoms with Crippen LogP contribution in [0.2, 0.25) is 15.1 Å². The number of benzene rings is 3. The summed E-state index contributed by atoms with van der Waals surface area (Å²) in [5, 5.41) is 3.78. The van der Waals surface area contributed by atoms with Gasteiger partial charge in [-0.05, 0) is 47.9 Å². The third-order valence-corrected chi connectivity index (χ3v) is 8.11. The van der Waals surface area contributed by atoms with Crippen LogP contribution in [0.25, 0.3) is 0 Å². The van der Waals surface area contributed by atoms with E-state index in [4.69, 9.17) is 34.8 Å². The average molecular weight is 625 g/mol. The number of anilines is 1. The number of carbonyl (C=O) groups is 2. The Morgan fingerprint density at radius 3 is 2.23 bits per heavy atom. The molecule has 0 aliphatic carbocycles. The predicted octanol–water partition coefficient (Wildman–Crippen LogP) is 5.97. The number of sulfonamides is 1. The van der Waals surface area contributed by atoms with E-state index in [0.717, 1.165) is 29.0 Å². The van der Waals surface area contributed by atoms with Gasteiger partial charge in [-0.2, -0.15) is 0 Å². The van der Waals surface area contributed by atoms with Crippen molar-refractivity contribution in [3.63, 3.8) is 0 Å². The second-order valence-electron chi connectivity index (χ2n) is 9.37. The summed E-state index contributed by atoms with van der Waals surface area (Å²) in [7, 11) is -3.97. The van der Waals surface area contributed by atoms with E-state index in [-0.39, 0.29) is 34.6 Å². The number of hydrogen-bond donors (Lipinski definition) is 1. The molecule has 1 atom stereocenters. The van der Waals surface area contributed by atoms with Crippen molar-refractivity contribution in [1.29, 1.82) is 0 Å². The normalized spacial score (nSPS) is 12.0. The fraction of sp³-hybridized carbons (Fsp3) is 0.310. The van der Waals surface area contributed by atoms with E-state index in [0.29, 0.717) is 17.1 Å². The highest BCUT2D eigenvalue weighted by molar-refractivity contribution is 7.92. The van der Waals surface area contributed by atoms with Gasteiger partial charge in [0.15, 0.2) is 0 Å². The molecule has 3 rings (SSSR count). The van der Waals surface area contributed by atoms with Crippen molar-refractivity contribution in [2.45, 2.75) is 38.8 Å². The fourth-order valence-corrected chi connectivity index (χ4v) is 5.67. The van der Waals surface area contributed by atoms with Crippen LogP contribution in [0.15, 0.2) is 72.8 Å². The van der Waals surface area contributed by atoms with Gasteiger partial charge < -0.3 is 10.2 Å². The molecule has 0 heterocycles. The van der Waals surface area contributed by atoms with E-state index in [9.17, 15) is 18.0 Å². The first-order valence-corrected chi connectivity index (χ1v) is 15.8. The van der Waals surface area contributed by atoms with Gasteiger partial charge in [-0.3, -0.25) is 13.9 Å². The maximum atomic E-state index is 14.1. The van der Waals surface area contributed by atoms with Crippen LogP contribution in [-0.2, 0) is 32.6 Å². The Kier molecular flexibility index (Phi) is 11.7. The van der Waals surface area contributed by atoms with Crippen LogP contribution in [0.5, 0.6) is 0 Å². The van der Waals surface area contributed by atoms with E-state index >= 15 is 0 Å². The summed E-state index contributed by atoms with van der Waals surface area (Å²) in [6.45, 7) is 1.91. The van der Waals surface area contributed by atoms with E-state index in [1.54, 1.807) is 24.3 Å². The van der Waals surface area contributed by atoms with Gasteiger partial charge in [-0.25, -0.2) is 8.42 Å². The highest BCUT2D eigenvalue weighted by atomic mass is 35.5. The van der Waals surface area contributed by atoms with Crippen LogP contribution in [0, 0.1) is 0 Å². The Morgan fingerprint density at radius 1 is 0.900 bits per heavy atom. The van der Waals surface area contributed by atoms with Gasteiger partial charge in [-0.1, -0.05) is 90.6 Å². The number of nitrogens with one attached hydrogen (secondary N) is 1. The molecule has 7 nitrogen and oxygen atoms in total. The Labute approximate surface area is 251 Å². The zero-order chi connectivity index (χ0) is 29.3. The molecule has 0 spiro atoms. The van der Waals surface area contributed by atoms with Gasteiger partial charge in [-0.15, -0.1) is 0 Å². The van der Waals surface area contributed by atoms with E-state index in [2.05, 4.69) is 5.32 Å². The number of amides is 2. The Bertz CT molecular complexity index is 1420. The molecule has 2 amide bonds. The molecule has 0 aliphatic rings. The van der Waals surface area contributed by atoms with E-state index < -0.39 is 28.5 Å². The maximum absolute atomic E-state index is 14.1. The van der Waals surface area contributed by atoms with Crippen molar-refractivity contribution < 1.29 is 18.0 Å². The van der Waals surface area contributed by atoms with Crippen LogP contribution in [-0.4, -0.2) is 50.5 Å². The van der Waals surface area contributed by atoms with Gasteiger partial charge in [0.05, 0.1) is 17.0 Å². The molecule has 0 fully saturated rings. The van der Waals surface area contributed by atoms with Crippen LogP contribution < -0.4 is 9.62 Å². The smallest absolute Gasteiger partial charge is 0.244 e. The topological polar surface area (TPSA) is 86.8 Å². The first kappa shape index (κ1) is 31.7. The van der Waals surface area contributed by atoms with Gasteiger partial charge in [0, 0.05) is 29.6 Å². The molecule has 0 bridgehead atoms. The fourth-order valence-electron chi connectivity index (χ4n) is 4.16. The number of carbonyl (C=O) groups excluding carboxylic acids is 2. The lowest BCUT2D eigenvalue weighted by Crippen LogP contribution is -2.53. The summed E-state index contributed by atoms with van der Waals surface area (Å²) in [5.41, 5.74) is 1.60. The van der Waals surface area contributed by atoms with E-state index in [1.807, 2.05) is 37.3 Å². The van der Waals surface area contributed by atoms with Crippen LogP contribution in [0.4, 0.5) is 5.69 Å². The summed E-state index contributed by atoms with van der Waals surface area (Å²) >= 11 is 18.7. The van der Waals surface area contributed by atoms with Crippen LogP contribution in [0.3, 0.4) is 0 Å². The quantitative estimate of drug-likeness (QED) is 0.238. The monoisotopic (exact) mass is 623 g/mol. The van der Waals surface area contributed by atoms with Crippen molar-refractivity contribution in [2.24, 2.45) is 0 Å². The van der Waals surface area contributed by atoms with E-state index in [1.165, 1.54) is 23.1 Å². The molecular formula is C29H32Cl3N3O4S. The van der Waals surface area contributed by atoms with Crippen LogP contribution >= 0.6 is 34.8 Å². The minimum Gasteiger partial charge on any atom is -0.354 e. The Morgan fingerprint density at radius 2 is 1.57 bits per heavy atom. The predicted molar refractivity (Wildman–Crippen MR) is 163 cm³/mol. The second-order valence-corrected chi connectivity index (χ2v) is 12.6. The highest BCUT2D eigenvalue weighted by Gasteiger charge is 2.33. The molecule has 1 N–H and O–H groups in total. The van der Waals surface area contributed by atoms with Crippen molar-refractivity contribution in [3.05, 3.63) is 99.0 Å². The minimum absolute atomic E-state index is 0.0268. The molecule has 0 radical (unpaired) electrons. The summed E-state index contributed by atoms with van der Waals surface area (Å²) in [6.07, 6.45) is 2.87. The largest absolute Gasteiger partial charge is 0.354 e. The zero-order valence-electron chi connectivity index (χ0n) is 22.3. The molecule has 214 valence electrons. The summed E-state index contributed by atoms with van der Waals surface area (Å²) in [6, 6.07) is 19.8. The van der Waals surface area contributed by atoms with Crippen molar-refractivity contribution in [2.75, 3.05) is 23.7 Å². The van der Waals surface area contributed by atoms with Gasteiger partial charge >= 0.3 is 0 Å². The van der Waals surface area contributed by atoms with Gasteiger partial charge in [0.1, 0.15) is 12.6 Å². The lowest BCUT2D eigenvalue weighted by Gasteiger charge is -2.33. The lowest BCUT2D eigenvalue weighted by atomic mass is 10.0. The minimum atomic E-state index is -3.97. The van der Waals surface area contributed by atoms with Crippen LogP contribution in [0.1, 0.15) is 30.9 Å². The Hall–Kier alpha value is -2.78. The Balaban J connectivity index is 2.06. The maximum Gasteiger partial charge on any atom is 0.244 e. The molecular weight excluding hydrogens is 593 g/mol. The van der Waals surface area contributed by atoms with Crippen molar-refractivity contribution >= 4 is 62.3 Å². The SMILES string of the molecule is CCCCNC(=O)C(Cc1ccccc1)N(Cc1cccc(Cl)c1)C(=O)CN(c1cc(Cl)ccc1Cl)S(C)(=O)=O. The number of nitrogens with zero attached hydrogens (tertiary/aromatic N) is 2. The van der Waals surface area contributed by atoms with Crippen molar-refractivity contribution in [1.82, 2.24) is 10.2 Å².